The molecule has 1 aromatic rings. The minimum atomic E-state index is -1.29. The maximum Gasteiger partial charge on any atom is 0.239 e. The van der Waals surface area contributed by atoms with Crippen molar-refractivity contribution in [1.29, 1.82) is 0 Å². The van der Waals surface area contributed by atoms with Gasteiger partial charge in [-0.25, -0.2) is 0 Å². The maximum absolute atomic E-state index is 11.5. The Kier molecular flexibility index (Phi) is 5.22. The van der Waals surface area contributed by atoms with E-state index in [2.05, 4.69) is 15.5 Å². The Morgan fingerprint density at radius 1 is 1.48 bits per heavy atom. The number of carboxylic acids is 1. The average Bonchev–Trinajstić information content (AvgIpc) is 2.72. The fourth-order valence-corrected chi connectivity index (χ4v) is 2.85. The van der Waals surface area contributed by atoms with Gasteiger partial charge in [0.1, 0.15) is 0 Å². The predicted molar refractivity (Wildman–Crippen MR) is 80.6 cm³/mol. The zero-order valence-corrected chi connectivity index (χ0v) is 12.7. The molecular weight excluding hydrogens is 337 g/mol. The quantitative estimate of drug-likeness (QED) is 0.652. The van der Waals surface area contributed by atoms with E-state index in [1.165, 1.54) is 6.21 Å². The summed E-state index contributed by atoms with van der Waals surface area (Å²) in [6, 6.07) is 4.90. The summed E-state index contributed by atoms with van der Waals surface area (Å²) in [5.41, 5.74) is 0.617. The molecule has 1 aliphatic rings. The van der Waals surface area contributed by atoms with Crippen LogP contribution in [-0.4, -0.2) is 28.5 Å². The molecule has 1 fully saturated rings. The highest BCUT2D eigenvalue weighted by Gasteiger charge is 2.30. The van der Waals surface area contributed by atoms with Crippen LogP contribution in [0.15, 0.2) is 28.4 Å². The lowest BCUT2D eigenvalue weighted by Gasteiger charge is -2.04. The highest BCUT2D eigenvalue weighted by atomic mass is 35.5. The van der Waals surface area contributed by atoms with Crippen LogP contribution in [0.4, 0.5) is 0 Å². The van der Waals surface area contributed by atoms with Gasteiger partial charge in [-0.15, -0.1) is 5.10 Å². The lowest BCUT2D eigenvalue weighted by atomic mass is 10.2. The van der Waals surface area contributed by atoms with Crippen LogP contribution in [-0.2, 0) is 9.59 Å². The summed E-state index contributed by atoms with van der Waals surface area (Å²) < 4.78 is 0. The van der Waals surface area contributed by atoms with E-state index in [1.807, 2.05) is 0 Å². The summed E-state index contributed by atoms with van der Waals surface area (Å²) in [4.78, 5) is 21.9. The van der Waals surface area contributed by atoms with Crippen LogP contribution in [0.2, 0.25) is 10.0 Å². The molecule has 1 heterocycles. The number of carbonyl (C=O) groups is 2. The first-order chi connectivity index (χ1) is 9.95. The van der Waals surface area contributed by atoms with Crippen LogP contribution in [0.5, 0.6) is 0 Å². The second kappa shape index (κ2) is 6.93. The van der Waals surface area contributed by atoms with Crippen molar-refractivity contribution in [2.75, 3.05) is 0 Å². The molecule has 110 valence electrons. The molecule has 0 radical (unpaired) electrons. The molecule has 1 amide bonds. The van der Waals surface area contributed by atoms with Crippen molar-refractivity contribution >= 4 is 58.2 Å². The first-order valence-corrected chi connectivity index (χ1v) is 7.32. The van der Waals surface area contributed by atoms with Crippen LogP contribution in [0.1, 0.15) is 12.0 Å². The predicted octanol–water partition coefficient (Wildman–Crippen LogP) is 1.05. The molecule has 0 spiro atoms. The number of aliphatic carboxylic acids is 1. The normalized spacial score (nSPS) is 20.2. The number of thioether (sulfide) groups is 1. The van der Waals surface area contributed by atoms with Gasteiger partial charge in [-0.05, 0) is 12.1 Å². The molecule has 0 aliphatic carbocycles. The monoisotopic (exact) mass is 344 g/mol. The van der Waals surface area contributed by atoms with E-state index >= 15 is 0 Å². The van der Waals surface area contributed by atoms with Crippen molar-refractivity contribution in [3.8, 4) is 0 Å². The molecule has 1 aliphatic heterocycles. The molecule has 1 N–H and O–H groups in total. The molecule has 9 heteroatoms. The first kappa shape index (κ1) is 15.8. The molecule has 2 rings (SSSR count). The lowest BCUT2D eigenvalue weighted by molar-refractivity contribution is -0.305. The van der Waals surface area contributed by atoms with Gasteiger partial charge in [0, 0.05) is 23.0 Å². The number of hydrogen-bond acceptors (Lipinski definition) is 6. The van der Waals surface area contributed by atoms with E-state index in [1.54, 1.807) is 18.2 Å². The van der Waals surface area contributed by atoms with E-state index < -0.39 is 17.1 Å². The van der Waals surface area contributed by atoms with E-state index in [0.717, 1.165) is 11.8 Å². The van der Waals surface area contributed by atoms with Gasteiger partial charge in [0.05, 0.1) is 16.5 Å². The van der Waals surface area contributed by atoms with Gasteiger partial charge in [-0.2, -0.15) is 5.10 Å². The summed E-state index contributed by atoms with van der Waals surface area (Å²) in [5.74, 6) is -1.72. The third kappa shape index (κ3) is 4.45. The summed E-state index contributed by atoms with van der Waals surface area (Å²) in [6.07, 6.45) is 1.03. The number of hydrogen-bond donors (Lipinski definition) is 1. The Balaban J connectivity index is 2.03. The highest BCUT2D eigenvalue weighted by molar-refractivity contribution is 8.15. The van der Waals surface area contributed by atoms with E-state index in [4.69, 9.17) is 23.2 Å². The van der Waals surface area contributed by atoms with Crippen molar-refractivity contribution in [2.24, 2.45) is 10.2 Å². The van der Waals surface area contributed by atoms with Crippen LogP contribution >= 0.6 is 35.0 Å². The molecule has 6 nitrogen and oxygen atoms in total. The minimum absolute atomic E-state index is 0.229. The molecule has 21 heavy (non-hydrogen) atoms. The van der Waals surface area contributed by atoms with Gasteiger partial charge < -0.3 is 15.2 Å². The van der Waals surface area contributed by atoms with Crippen LogP contribution in [0, 0.1) is 0 Å². The Morgan fingerprint density at radius 3 is 2.90 bits per heavy atom. The molecular formula is C12H8Cl2N3O3S-. The number of nitrogens with zero attached hydrogens (tertiary/aromatic N) is 2. The number of rotatable bonds is 4. The molecule has 0 aromatic heterocycles. The van der Waals surface area contributed by atoms with Gasteiger partial charge >= 0.3 is 0 Å². The average molecular weight is 345 g/mol. The standard InChI is InChI=1S/C12H9Cl2N3O3S/c13-7-2-1-6(8(14)3-7)5-15-17-12-16-11(20)9(21-12)4-10(18)19/h1-3,5,9H,4H2,(H,18,19)(H,16,17,20)/p-1/b15-5-/t9-/m0/s1. The number of benzene rings is 1. The van der Waals surface area contributed by atoms with Crippen molar-refractivity contribution in [1.82, 2.24) is 5.32 Å². The lowest BCUT2D eigenvalue weighted by Crippen LogP contribution is -2.31. The van der Waals surface area contributed by atoms with Crippen molar-refractivity contribution < 1.29 is 14.7 Å². The number of amidine groups is 1. The summed E-state index contributed by atoms with van der Waals surface area (Å²) in [5, 5.41) is 20.9. The molecule has 0 saturated carbocycles. The van der Waals surface area contributed by atoms with Crippen molar-refractivity contribution in [3.63, 3.8) is 0 Å². The number of amides is 1. The summed E-state index contributed by atoms with van der Waals surface area (Å²) in [6.45, 7) is 0. The zero-order chi connectivity index (χ0) is 15.4. The molecule has 0 unspecified atom stereocenters. The van der Waals surface area contributed by atoms with E-state index in [9.17, 15) is 14.7 Å². The Labute approximate surface area is 134 Å². The topological polar surface area (TPSA) is 93.9 Å². The maximum atomic E-state index is 11.5. The molecule has 1 aromatic carbocycles. The zero-order valence-electron chi connectivity index (χ0n) is 10.4. The third-order valence-electron chi connectivity index (χ3n) is 2.44. The Hall–Kier alpha value is -1.57. The first-order valence-electron chi connectivity index (χ1n) is 5.69. The van der Waals surface area contributed by atoms with Gasteiger partial charge in [0.15, 0.2) is 5.17 Å². The van der Waals surface area contributed by atoms with Crippen LogP contribution in [0.25, 0.3) is 0 Å². The number of nitrogens with one attached hydrogen (secondary N) is 1. The molecule has 0 bridgehead atoms. The molecule has 1 saturated heterocycles. The fourth-order valence-electron chi connectivity index (χ4n) is 1.49. The number of carbonyl (C=O) groups excluding carboxylic acids is 2. The van der Waals surface area contributed by atoms with Crippen LogP contribution in [0.3, 0.4) is 0 Å². The fraction of sp³-hybridized carbons (Fsp3) is 0.167. The Morgan fingerprint density at radius 2 is 2.24 bits per heavy atom. The van der Waals surface area contributed by atoms with Crippen LogP contribution < -0.4 is 10.4 Å². The van der Waals surface area contributed by atoms with Gasteiger partial charge in [-0.1, -0.05) is 41.0 Å². The number of halogens is 2. The Bertz CT molecular complexity index is 649. The third-order valence-corrected chi connectivity index (χ3v) is 4.07. The summed E-state index contributed by atoms with van der Waals surface area (Å²) >= 11 is 12.7. The summed E-state index contributed by atoms with van der Waals surface area (Å²) in [7, 11) is 0. The van der Waals surface area contributed by atoms with E-state index in [-0.39, 0.29) is 11.6 Å². The molecule has 1 atom stereocenters. The van der Waals surface area contributed by atoms with Gasteiger partial charge in [0.25, 0.3) is 0 Å². The minimum Gasteiger partial charge on any atom is -0.550 e. The van der Waals surface area contributed by atoms with Gasteiger partial charge in [-0.3, -0.25) is 4.79 Å². The second-order valence-electron chi connectivity index (χ2n) is 3.99. The van der Waals surface area contributed by atoms with E-state index in [0.29, 0.717) is 15.6 Å². The van der Waals surface area contributed by atoms with Gasteiger partial charge in [0.2, 0.25) is 5.91 Å². The largest absolute Gasteiger partial charge is 0.550 e. The second-order valence-corrected chi connectivity index (χ2v) is 6.02. The van der Waals surface area contributed by atoms with Crippen molar-refractivity contribution in [2.45, 2.75) is 11.7 Å². The van der Waals surface area contributed by atoms with Crippen molar-refractivity contribution in [3.05, 3.63) is 33.8 Å². The SMILES string of the molecule is O=C([O-])C[C@@H]1S/C(=N\N=C/c2ccc(Cl)cc2Cl)NC1=O. The smallest absolute Gasteiger partial charge is 0.239 e. The number of carboxylic acid groups (broad SMARTS) is 1. The highest BCUT2D eigenvalue weighted by Crippen LogP contribution is 2.22.